The van der Waals surface area contributed by atoms with Gasteiger partial charge in [-0.3, -0.25) is 9.69 Å². The molecule has 0 aliphatic heterocycles. The Balaban J connectivity index is 1.50. The van der Waals surface area contributed by atoms with Gasteiger partial charge in [-0.1, -0.05) is 69.3 Å². The van der Waals surface area contributed by atoms with E-state index in [-0.39, 0.29) is 24.0 Å². The fraction of sp³-hybridized carbons (Fsp3) is 0.444. The molecule has 0 aromatic heterocycles. The highest BCUT2D eigenvalue weighted by molar-refractivity contribution is 5.88. The maximum atomic E-state index is 11.6. The summed E-state index contributed by atoms with van der Waals surface area (Å²) >= 11 is 0. The van der Waals surface area contributed by atoms with E-state index in [1.165, 1.54) is 11.1 Å². The van der Waals surface area contributed by atoms with Gasteiger partial charge < -0.3 is 14.9 Å². The van der Waals surface area contributed by atoms with Gasteiger partial charge in [0.15, 0.2) is 0 Å². The number of aromatic carboxylic acids is 1. The molecule has 0 saturated carbocycles. The van der Waals surface area contributed by atoms with Crippen molar-refractivity contribution in [2.75, 3.05) is 13.1 Å². The van der Waals surface area contributed by atoms with E-state index in [4.69, 9.17) is 9.84 Å². The lowest BCUT2D eigenvalue weighted by Crippen LogP contribution is -2.34. The smallest absolute Gasteiger partial charge is 0.335 e. The van der Waals surface area contributed by atoms with Crippen LogP contribution in [0.4, 0.5) is 0 Å². The van der Waals surface area contributed by atoms with Crippen LogP contribution in [0.3, 0.4) is 0 Å². The molecule has 42 heavy (non-hydrogen) atoms. The first-order valence-electron chi connectivity index (χ1n) is 15.2. The number of carboxylic acids is 2. The van der Waals surface area contributed by atoms with Crippen LogP contribution >= 0.6 is 0 Å². The molecule has 224 valence electrons. The summed E-state index contributed by atoms with van der Waals surface area (Å²) in [5.41, 5.74) is 6.31. The number of aryl methyl sites for hydroxylation is 1. The molecule has 2 N–H and O–H groups in total. The van der Waals surface area contributed by atoms with Crippen LogP contribution in [0.25, 0.3) is 0 Å². The standard InChI is InChI=1S/C36H45NO5/c1-25(26-15-18-30(19-16-26)36(2,3)4)42-33-13-6-5-10-27(33)21-23-37(22-8-7-14-34(38)39)32-12-9-11-28-24-29(35(40)41)17-20-31(28)32/h5-6,10,13,15-20,24-25,32H,7-9,11-12,14,21-23H2,1-4H3,(H,38,39)(H,40,41)/t25-,32+/m1/s1. The van der Waals surface area contributed by atoms with Crippen molar-refractivity contribution in [2.24, 2.45) is 0 Å². The Morgan fingerprint density at radius 1 is 0.976 bits per heavy atom. The minimum Gasteiger partial charge on any atom is -0.486 e. The Labute approximate surface area is 250 Å². The number of hydrogen-bond acceptors (Lipinski definition) is 4. The summed E-state index contributed by atoms with van der Waals surface area (Å²) in [4.78, 5) is 25.2. The summed E-state index contributed by atoms with van der Waals surface area (Å²) in [6, 6.07) is 22.6. The van der Waals surface area contributed by atoms with Crippen molar-refractivity contribution in [3.8, 4) is 5.75 Å². The third kappa shape index (κ3) is 8.22. The Hall–Kier alpha value is -3.64. The van der Waals surface area contributed by atoms with E-state index in [0.29, 0.717) is 12.0 Å². The summed E-state index contributed by atoms with van der Waals surface area (Å²) in [5.74, 6) is -0.786. The Morgan fingerprint density at radius 2 is 1.71 bits per heavy atom. The van der Waals surface area contributed by atoms with Crippen molar-refractivity contribution >= 4 is 11.9 Å². The molecule has 0 bridgehead atoms. The van der Waals surface area contributed by atoms with E-state index in [1.54, 1.807) is 6.07 Å². The third-order valence-electron chi connectivity index (χ3n) is 8.39. The first-order valence-corrected chi connectivity index (χ1v) is 15.2. The van der Waals surface area contributed by atoms with E-state index < -0.39 is 11.9 Å². The molecule has 3 aromatic carbocycles. The van der Waals surface area contributed by atoms with Gasteiger partial charge in [0.1, 0.15) is 11.9 Å². The molecular weight excluding hydrogens is 526 g/mol. The van der Waals surface area contributed by atoms with Gasteiger partial charge in [0.05, 0.1) is 5.56 Å². The van der Waals surface area contributed by atoms with Gasteiger partial charge in [0, 0.05) is 19.0 Å². The predicted molar refractivity (Wildman–Crippen MR) is 166 cm³/mol. The zero-order chi connectivity index (χ0) is 30.3. The molecular formula is C36H45NO5. The zero-order valence-corrected chi connectivity index (χ0v) is 25.4. The normalized spacial score (nSPS) is 15.7. The molecule has 0 amide bonds. The minimum atomic E-state index is -0.901. The van der Waals surface area contributed by atoms with Crippen molar-refractivity contribution in [3.63, 3.8) is 0 Å². The number of benzene rings is 3. The van der Waals surface area contributed by atoms with Crippen molar-refractivity contribution in [1.29, 1.82) is 0 Å². The molecule has 0 unspecified atom stereocenters. The molecule has 0 heterocycles. The summed E-state index contributed by atoms with van der Waals surface area (Å²) in [5, 5.41) is 18.6. The van der Waals surface area contributed by atoms with Crippen LogP contribution in [0.5, 0.6) is 5.75 Å². The van der Waals surface area contributed by atoms with Gasteiger partial charge in [0.25, 0.3) is 0 Å². The average Bonchev–Trinajstić information content (AvgIpc) is 2.96. The maximum absolute atomic E-state index is 11.6. The van der Waals surface area contributed by atoms with Crippen LogP contribution in [0.2, 0.25) is 0 Å². The van der Waals surface area contributed by atoms with Crippen LogP contribution in [0.1, 0.15) is 110 Å². The summed E-state index contributed by atoms with van der Waals surface area (Å²) < 4.78 is 6.51. The molecule has 1 aliphatic rings. The largest absolute Gasteiger partial charge is 0.486 e. The lowest BCUT2D eigenvalue weighted by atomic mass is 9.85. The Bertz CT molecular complexity index is 1360. The number of aliphatic carboxylic acids is 1. The van der Waals surface area contributed by atoms with Gasteiger partial charge in [-0.2, -0.15) is 0 Å². The van der Waals surface area contributed by atoms with Crippen LogP contribution in [0.15, 0.2) is 66.7 Å². The topological polar surface area (TPSA) is 87.1 Å². The predicted octanol–water partition coefficient (Wildman–Crippen LogP) is 8.00. The summed E-state index contributed by atoms with van der Waals surface area (Å²) in [7, 11) is 0. The lowest BCUT2D eigenvalue weighted by molar-refractivity contribution is -0.137. The fourth-order valence-electron chi connectivity index (χ4n) is 5.92. The molecule has 1 aliphatic carbocycles. The van der Waals surface area contributed by atoms with Gasteiger partial charge in [0.2, 0.25) is 0 Å². The number of carbonyl (C=O) groups is 2. The number of fused-ring (bicyclic) bond motifs is 1. The number of carboxylic acid groups (broad SMARTS) is 2. The van der Waals surface area contributed by atoms with Gasteiger partial charge in [-0.15, -0.1) is 0 Å². The second-order valence-corrected chi connectivity index (χ2v) is 12.5. The van der Waals surface area contributed by atoms with E-state index in [9.17, 15) is 14.7 Å². The number of ether oxygens (including phenoxy) is 1. The van der Waals surface area contributed by atoms with Gasteiger partial charge in [-0.25, -0.2) is 4.79 Å². The Morgan fingerprint density at radius 3 is 2.40 bits per heavy atom. The van der Waals surface area contributed by atoms with E-state index >= 15 is 0 Å². The first kappa shape index (κ1) is 31.3. The SMILES string of the molecule is C[C@@H](Oc1ccccc1CCN(CCCCC(=O)O)[C@H]1CCCc2cc(C(=O)O)ccc21)c1ccc(C(C)(C)C)cc1. The van der Waals surface area contributed by atoms with Gasteiger partial charge in [-0.05, 0) is 103 Å². The van der Waals surface area contributed by atoms with Crippen molar-refractivity contribution in [1.82, 2.24) is 4.90 Å². The van der Waals surface area contributed by atoms with Crippen molar-refractivity contribution in [3.05, 3.63) is 100 Å². The van der Waals surface area contributed by atoms with Crippen LogP contribution in [0, 0.1) is 0 Å². The molecule has 6 heteroatoms. The number of hydrogen-bond donors (Lipinski definition) is 2. The summed E-state index contributed by atoms with van der Waals surface area (Å²) in [6.07, 6.45) is 5.17. The minimum absolute atomic E-state index is 0.0963. The number of nitrogens with zero attached hydrogens (tertiary/aromatic N) is 1. The molecule has 0 radical (unpaired) electrons. The molecule has 0 saturated heterocycles. The van der Waals surface area contributed by atoms with E-state index in [0.717, 1.165) is 67.6 Å². The van der Waals surface area contributed by atoms with Crippen LogP contribution in [-0.2, 0) is 23.1 Å². The Kier molecular flexibility index (Phi) is 10.4. The molecule has 0 fully saturated rings. The highest BCUT2D eigenvalue weighted by Gasteiger charge is 2.27. The van der Waals surface area contributed by atoms with E-state index in [2.05, 4.69) is 62.9 Å². The fourth-order valence-corrected chi connectivity index (χ4v) is 5.92. The van der Waals surface area contributed by atoms with E-state index in [1.807, 2.05) is 30.3 Å². The quantitative estimate of drug-likeness (QED) is 0.202. The summed E-state index contributed by atoms with van der Waals surface area (Å²) in [6.45, 7) is 10.3. The van der Waals surface area contributed by atoms with Crippen LogP contribution in [-0.4, -0.2) is 40.1 Å². The molecule has 3 aromatic rings. The maximum Gasteiger partial charge on any atom is 0.335 e. The molecule has 0 spiro atoms. The van der Waals surface area contributed by atoms with Crippen LogP contribution < -0.4 is 4.74 Å². The highest BCUT2D eigenvalue weighted by atomic mass is 16.5. The van der Waals surface area contributed by atoms with Gasteiger partial charge >= 0.3 is 11.9 Å². The van der Waals surface area contributed by atoms with Crippen molar-refractivity contribution in [2.45, 2.75) is 90.2 Å². The lowest BCUT2D eigenvalue weighted by Gasteiger charge is -2.36. The average molecular weight is 572 g/mol. The zero-order valence-electron chi connectivity index (χ0n) is 25.4. The molecule has 4 rings (SSSR count). The monoisotopic (exact) mass is 571 g/mol. The second kappa shape index (κ2) is 14.0. The first-order chi connectivity index (χ1) is 20.0. The number of unbranched alkanes of at least 4 members (excludes halogenated alkanes) is 1. The second-order valence-electron chi connectivity index (χ2n) is 12.5. The highest BCUT2D eigenvalue weighted by Crippen LogP contribution is 2.36. The number of para-hydroxylation sites is 1. The van der Waals surface area contributed by atoms with Crippen molar-refractivity contribution < 1.29 is 24.5 Å². The third-order valence-corrected chi connectivity index (χ3v) is 8.39. The molecule has 6 nitrogen and oxygen atoms in total. The molecule has 2 atom stereocenters. The number of rotatable bonds is 13.